The second-order valence-corrected chi connectivity index (χ2v) is 5.01. The number of aliphatic hydroxyl groups is 1. The van der Waals surface area contributed by atoms with Crippen LogP contribution in [0.3, 0.4) is 0 Å². The van der Waals surface area contributed by atoms with Crippen molar-refractivity contribution in [1.82, 2.24) is 4.98 Å². The number of hydrogen-bond donors (Lipinski definition) is 2. The SMILES string of the molecule is CC1CCN(c2ccc([C@@H](C)N)nc2)CC1O. The zero-order valence-corrected chi connectivity index (χ0v) is 10.5. The van der Waals surface area contributed by atoms with E-state index in [-0.39, 0.29) is 12.1 Å². The number of anilines is 1. The molecular formula is C13H21N3O. The number of β-amino-alcohol motifs (C(OH)–C–C–N with tert-alkyl or cyclic N) is 1. The van der Waals surface area contributed by atoms with Crippen LogP contribution in [0.25, 0.3) is 0 Å². The van der Waals surface area contributed by atoms with Gasteiger partial charge in [-0.3, -0.25) is 4.98 Å². The van der Waals surface area contributed by atoms with Gasteiger partial charge in [-0.1, -0.05) is 6.92 Å². The minimum atomic E-state index is -0.239. The quantitative estimate of drug-likeness (QED) is 0.811. The van der Waals surface area contributed by atoms with Gasteiger partial charge in [0.2, 0.25) is 0 Å². The van der Waals surface area contributed by atoms with Crippen molar-refractivity contribution in [2.75, 3.05) is 18.0 Å². The molecule has 2 rings (SSSR count). The Balaban J connectivity index is 2.07. The predicted molar refractivity (Wildman–Crippen MR) is 68.8 cm³/mol. The van der Waals surface area contributed by atoms with E-state index in [4.69, 9.17) is 5.73 Å². The summed E-state index contributed by atoms with van der Waals surface area (Å²) in [5.74, 6) is 0.391. The minimum absolute atomic E-state index is 0.0315. The molecule has 4 heteroatoms. The van der Waals surface area contributed by atoms with Crippen LogP contribution in [0.2, 0.25) is 0 Å². The number of piperidine rings is 1. The number of aromatic nitrogens is 1. The predicted octanol–water partition coefficient (Wildman–Crippen LogP) is 1.31. The summed E-state index contributed by atoms with van der Waals surface area (Å²) < 4.78 is 0. The van der Waals surface area contributed by atoms with Crippen molar-refractivity contribution in [3.05, 3.63) is 24.0 Å². The largest absolute Gasteiger partial charge is 0.391 e. The Morgan fingerprint density at radius 1 is 1.53 bits per heavy atom. The molecule has 3 atom stereocenters. The minimum Gasteiger partial charge on any atom is -0.391 e. The standard InChI is InChI=1S/C13H21N3O/c1-9-5-6-16(8-13(9)17)11-3-4-12(10(2)14)15-7-11/h3-4,7,9-10,13,17H,5-6,8,14H2,1-2H3/t9?,10-,13?/m1/s1. The van der Waals surface area contributed by atoms with E-state index in [1.54, 1.807) is 0 Å². The molecule has 1 aliphatic rings. The molecule has 1 aliphatic heterocycles. The van der Waals surface area contributed by atoms with E-state index in [1.165, 1.54) is 0 Å². The molecule has 17 heavy (non-hydrogen) atoms. The summed E-state index contributed by atoms with van der Waals surface area (Å²) in [6.07, 6.45) is 2.63. The maximum Gasteiger partial charge on any atom is 0.0741 e. The van der Waals surface area contributed by atoms with Crippen molar-refractivity contribution >= 4 is 5.69 Å². The zero-order chi connectivity index (χ0) is 12.4. The first-order chi connectivity index (χ1) is 8.08. The summed E-state index contributed by atoms with van der Waals surface area (Å²) in [5, 5.41) is 9.87. The Labute approximate surface area is 102 Å². The van der Waals surface area contributed by atoms with Crippen LogP contribution in [0.15, 0.2) is 18.3 Å². The van der Waals surface area contributed by atoms with Crippen LogP contribution in [-0.2, 0) is 0 Å². The van der Waals surface area contributed by atoms with Gasteiger partial charge in [-0.05, 0) is 31.4 Å². The number of rotatable bonds is 2. The number of nitrogens with zero attached hydrogens (tertiary/aromatic N) is 2. The molecule has 0 saturated carbocycles. The molecule has 3 N–H and O–H groups in total. The lowest BCUT2D eigenvalue weighted by Crippen LogP contribution is -2.42. The lowest BCUT2D eigenvalue weighted by molar-refractivity contribution is 0.103. The van der Waals surface area contributed by atoms with Gasteiger partial charge in [0, 0.05) is 19.1 Å². The highest BCUT2D eigenvalue weighted by atomic mass is 16.3. The summed E-state index contributed by atoms with van der Waals surface area (Å²) in [6, 6.07) is 3.97. The summed E-state index contributed by atoms with van der Waals surface area (Å²) >= 11 is 0. The number of aliphatic hydroxyl groups excluding tert-OH is 1. The fourth-order valence-electron chi connectivity index (χ4n) is 2.14. The molecule has 94 valence electrons. The highest BCUT2D eigenvalue weighted by Gasteiger charge is 2.24. The van der Waals surface area contributed by atoms with E-state index in [0.29, 0.717) is 12.5 Å². The molecule has 0 aromatic carbocycles. The van der Waals surface area contributed by atoms with Crippen molar-refractivity contribution in [2.24, 2.45) is 11.7 Å². The van der Waals surface area contributed by atoms with E-state index in [2.05, 4.69) is 16.8 Å². The number of nitrogens with two attached hydrogens (primary N) is 1. The summed E-state index contributed by atoms with van der Waals surface area (Å²) in [5.41, 5.74) is 7.74. The first kappa shape index (κ1) is 12.3. The molecule has 0 radical (unpaired) electrons. The molecule has 0 amide bonds. The van der Waals surface area contributed by atoms with E-state index in [0.717, 1.165) is 24.3 Å². The normalized spacial score (nSPS) is 26.9. The van der Waals surface area contributed by atoms with E-state index in [9.17, 15) is 5.11 Å². The third-order valence-corrected chi connectivity index (χ3v) is 3.52. The molecule has 1 aromatic rings. The highest BCUT2D eigenvalue weighted by molar-refractivity contribution is 5.45. The van der Waals surface area contributed by atoms with Gasteiger partial charge in [-0.2, -0.15) is 0 Å². The third-order valence-electron chi connectivity index (χ3n) is 3.52. The summed E-state index contributed by atoms with van der Waals surface area (Å²) in [4.78, 5) is 6.53. The molecule has 0 aliphatic carbocycles. The van der Waals surface area contributed by atoms with Crippen LogP contribution in [0.1, 0.15) is 32.0 Å². The first-order valence-corrected chi connectivity index (χ1v) is 6.22. The Bertz CT molecular complexity index is 363. The molecule has 0 spiro atoms. The van der Waals surface area contributed by atoms with E-state index < -0.39 is 0 Å². The molecule has 2 unspecified atom stereocenters. The number of hydrogen-bond acceptors (Lipinski definition) is 4. The van der Waals surface area contributed by atoms with Crippen molar-refractivity contribution in [1.29, 1.82) is 0 Å². The van der Waals surface area contributed by atoms with Gasteiger partial charge in [-0.15, -0.1) is 0 Å². The van der Waals surface area contributed by atoms with Crippen molar-refractivity contribution < 1.29 is 5.11 Å². The highest BCUT2D eigenvalue weighted by Crippen LogP contribution is 2.23. The Kier molecular flexibility index (Phi) is 3.64. The topological polar surface area (TPSA) is 62.4 Å². The van der Waals surface area contributed by atoms with Crippen molar-refractivity contribution in [3.8, 4) is 0 Å². The lowest BCUT2D eigenvalue weighted by Gasteiger charge is -2.35. The second kappa shape index (κ2) is 5.02. The molecule has 1 aromatic heterocycles. The Morgan fingerprint density at radius 2 is 2.29 bits per heavy atom. The van der Waals surface area contributed by atoms with E-state index in [1.807, 2.05) is 25.3 Å². The molecular weight excluding hydrogens is 214 g/mol. The van der Waals surface area contributed by atoms with Crippen LogP contribution in [0.5, 0.6) is 0 Å². The monoisotopic (exact) mass is 235 g/mol. The number of pyridine rings is 1. The van der Waals surface area contributed by atoms with Gasteiger partial charge in [0.25, 0.3) is 0 Å². The van der Waals surface area contributed by atoms with Crippen molar-refractivity contribution in [2.45, 2.75) is 32.4 Å². The van der Waals surface area contributed by atoms with Gasteiger partial charge in [0.1, 0.15) is 0 Å². The maximum atomic E-state index is 9.87. The van der Waals surface area contributed by atoms with Crippen LogP contribution in [0, 0.1) is 5.92 Å². The van der Waals surface area contributed by atoms with Crippen LogP contribution in [0.4, 0.5) is 5.69 Å². The fraction of sp³-hybridized carbons (Fsp3) is 0.615. The van der Waals surface area contributed by atoms with E-state index >= 15 is 0 Å². The fourth-order valence-corrected chi connectivity index (χ4v) is 2.14. The van der Waals surface area contributed by atoms with Gasteiger partial charge in [0.15, 0.2) is 0 Å². The molecule has 1 saturated heterocycles. The maximum absolute atomic E-state index is 9.87. The Hall–Kier alpha value is -1.13. The Morgan fingerprint density at radius 3 is 2.82 bits per heavy atom. The average Bonchev–Trinajstić information content (AvgIpc) is 2.33. The van der Waals surface area contributed by atoms with Gasteiger partial charge < -0.3 is 15.7 Å². The third kappa shape index (κ3) is 2.76. The van der Waals surface area contributed by atoms with Crippen LogP contribution < -0.4 is 10.6 Å². The van der Waals surface area contributed by atoms with Gasteiger partial charge >= 0.3 is 0 Å². The lowest BCUT2D eigenvalue weighted by atomic mass is 9.96. The molecule has 4 nitrogen and oxygen atoms in total. The smallest absolute Gasteiger partial charge is 0.0741 e. The van der Waals surface area contributed by atoms with Crippen molar-refractivity contribution in [3.63, 3.8) is 0 Å². The zero-order valence-electron chi connectivity index (χ0n) is 10.5. The van der Waals surface area contributed by atoms with Crippen LogP contribution in [-0.4, -0.2) is 29.3 Å². The second-order valence-electron chi connectivity index (χ2n) is 5.01. The molecule has 2 heterocycles. The first-order valence-electron chi connectivity index (χ1n) is 6.22. The molecule has 0 bridgehead atoms. The summed E-state index contributed by atoms with van der Waals surface area (Å²) in [7, 11) is 0. The van der Waals surface area contributed by atoms with Gasteiger partial charge in [-0.25, -0.2) is 0 Å². The summed E-state index contributed by atoms with van der Waals surface area (Å²) in [6.45, 7) is 5.70. The van der Waals surface area contributed by atoms with Crippen LogP contribution >= 0.6 is 0 Å². The molecule has 1 fully saturated rings. The van der Waals surface area contributed by atoms with Gasteiger partial charge in [0.05, 0.1) is 23.7 Å². The average molecular weight is 235 g/mol.